The smallest absolute Gasteiger partial charge is 0.142 e. The lowest BCUT2D eigenvalue weighted by molar-refractivity contribution is 0.271. The molecule has 2 N–H and O–H groups in total. The van der Waals surface area contributed by atoms with Gasteiger partial charge in [-0.05, 0) is 53.1 Å². The number of fused-ring (bicyclic) bond motifs is 1. The minimum Gasteiger partial charge on any atom is -0.355 e. The molecule has 0 radical (unpaired) electrons. The summed E-state index contributed by atoms with van der Waals surface area (Å²) in [5.74, 6) is 2.54. The van der Waals surface area contributed by atoms with Crippen LogP contribution in [0, 0.1) is 11.8 Å². The fourth-order valence-corrected chi connectivity index (χ4v) is 4.17. The van der Waals surface area contributed by atoms with Crippen LogP contribution in [0.5, 0.6) is 0 Å². The normalized spacial score (nSPS) is 31.5. The van der Waals surface area contributed by atoms with E-state index in [1.165, 1.54) is 12.8 Å². The van der Waals surface area contributed by atoms with Crippen molar-refractivity contribution in [2.75, 3.05) is 18.0 Å². The summed E-state index contributed by atoms with van der Waals surface area (Å²) in [5, 5.41) is 0.671. The van der Waals surface area contributed by atoms with Gasteiger partial charge < -0.3 is 10.6 Å². The molecule has 98 valence electrons. The standard InChI is InChI=1S/C13H17BrClN3/c14-12-4-10(15)5-17-13(12)18-6-8-1-2-11(16)3-9(8)7-18/h4-5,8-9,11H,1-3,6-7,16H2/t8-,9+,11?/m1/s1. The molecule has 0 bridgehead atoms. The molecule has 1 aromatic heterocycles. The van der Waals surface area contributed by atoms with E-state index < -0.39 is 0 Å². The van der Waals surface area contributed by atoms with E-state index in [1.54, 1.807) is 6.20 Å². The lowest BCUT2D eigenvalue weighted by Crippen LogP contribution is -2.32. The molecule has 3 nitrogen and oxygen atoms in total. The van der Waals surface area contributed by atoms with Crippen LogP contribution in [-0.2, 0) is 0 Å². The van der Waals surface area contributed by atoms with Crippen LogP contribution in [-0.4, -0.2) is 24.1 Å². The van der Waals surface area contributed by atoms with E-state index in [2.05, 4.69) is 25.8 Å². The molecule has 1 aliphatic heterocycles. The Morgan fingerprint density at radius 1 is 1.33 bits per heavy atom. The molecular formula is C13H17BrClN3. The van der Waals surface area contributed by atoms with Crippen molar-refractivity contribution in [2.45, 2.75) is 25.3 Å². The number of halogens is 2. The van der Waals surface area contributed by atoms with Crippen molar-refractivity contribution in [3.05, 3.63) is 21.8 Å². The second-order valence-corrected chi connectivity index (χ2v) is 6.75. The zero-order chi connectivity index (χ0) is 12.7. The molecule has 0 spiro atoms. The van der Waals surface area contributed by atoms with Gasteiger partial charge in [0.2, 0.25) is 0 Å². The Balaban J connectivity index is 1.78. The van der Waals surface area contributed by atoms with Crippen LogP contribution in [0.1, 0.15) is 19.3 Å². The lowest BCUT2D eigenvalue weighted by Gasteiger charge is -2.27. The maximum atomic E-state index is 6.06. The summed E-state index contributed by atoms with van der Waals surface area (Å²) < 4.78 is 0.984. The Bertz CT molecular complexity index is 454. The van der Waals surface area contributed by atoms with Gasteiger partial charge in [-0.15, -0.1) is 0 Å². The zero-order valence-electron chi connectivity index (χ0n) is 10.1. The average molecular weight is 331 g/mol. The molecule has 0 amide bonds. The molecular weight excluding hydrogens is 314 g/mol. The quantitative estimate of drug-likeness (QED) is 0.860. The highest BCUT2D eigenvalue weighted by Gasteiger charge is 2.37. The first-order valence-electron chi connectivity index (χ1n) is 6.45. The maximum absolute atomic E-state index is 6.06. The number of hydrogen-bond acceptors (Lipinski definition) is 3. The molecule has 2 heterocycles. The van der Waals surface area contributed by atoms with E-state index in [4.69, 9.17) is 17.3 Å². The molecule has 3 atom stereocenters. The van der Waals surface area contributed by atoms with Crippen molar-refractivity contribution >= 4 is 33.3 Å². The van der Waals surface area contributed by atoms with Crippen LogP contribution in [0.4, 0.5) is 5.82 Å². The third-order valence-electron chi connectivity index (χ3n) is 4.18. The summed E-state index contributed by atoms with van der Waals surface area (Å²) in [6.07, 6.45) is 5.31. The highest BCUT2D eigenvalue weighted by molar-refractivity contribution is 9.10. The number of anilines is 1. The molecule has 18 heavy (non-hydrogen) atoms. The summed E-state index contributed by atoms with van der Waals surface area (Å²) in [4.78, 5) is 6.82. The fourth-order valence-electron chi connectivity index (χ4n) is 3.28. The SMILES string of the molecule is NC1CC[C@@H]2CN(c3ncc(Cl)cc3Br)C[C@@H]2C1. The summed E-state index contributed by atoms with van der Waals surface area (Å²) in [5.41, 5.74) is 6.06. The van der Waals surface area contributed by atoms with Crippen molar-refractivity contribution in [2.24, 2.45) is 17.6 Å². The number of rotatable bonds is 1. The number of aromatic nitrogens is 1. The van der Waals surface area contributed by atoms with E-state index in [9.17, 15) is 0 Å². The van der Waals surface area contributed by atoms with E-state index >= 15 is 0 Å². The Kier molecular flexibility index (Phi) is 3.52. The first-order chi connectivity index (χ1) is 8.63. The van der Waals surface area contributed by atoms with Gasteiger partial charge in [0.25, 0.3) is 0 Å². The first-order valence-corrected chi connectivity index (χ1v) is 7.62. The van der Waals surface area contributed by atoms with Crippen molar-refractivity contribution < 1.29 is 0 Å². The number of pyridine rings is 1. The van der Waals surface area contributed by atoms with Crippen molar-refractivity contribution in [3.8, 4) is 0 Å². The van der Waals surface area contributed by atoms with Gasteiger partial charge in [0.15, 0.2) is 0 Å². The van der Waals surface area contributed by atoms with Crippen LogP contribution in [0.3, 0.4) is 0 Å². The third kappa shape index (κ3) is 2.38. The Hall–Kier alpha value is -0.320. The van der Waals surface area contributed by atoms with Gasteiger partial charge in [0.1, 0.15) is 5.82 Å². The van der Waals surface area contributed by atoms with Crippen LogP contribution >= 0.6 is 27.5 Å². The average Bonchev–Trinajstić information content (AvgIpc) is 2.71. The summed E-state index contributed by atoms with van der Waals surface area (Å²) >= 11 is 9.49. The third-order valence-corrected chi connectivity index (χ3v) is 4.97. The lowest BCUT2D eigenvalue weighted by atomic mass is 9.79. The maximum Gasteiger partial charge on any atom is 0.142 e. The predicted octanol–water partition coefficient (Wildman–Crippen LogP) is 3.06. The summed E-state index contributed by atoms with van der Waals surface area (Å²) in [6.45, 7) is 2.18. The zero-order valence-corrected chi connectivity index (χ0v) is 12.5. The van der Waals surface area contributed by atoms with Crippen LogP contribution < -0.4 is 10.6 Å². The monoisotopic (exact) mass is 329 g/mol. The molecule has 2 fully saturated rings. The molecule has 2 aliphatic rings. The second kappa shape index (κ2) is 4.99. The molecule has 1 aromatic rings. The Morgan fingerprint density at radius 3 is 2.89 bits per heavy atom. The van der Waals surface area contributed by atoms with E-state index in [-0.39, 0.29) is 0 Å². The number of hydrogen-bond donors (Lipinski definition) is 1. The largest absolute Gasteiger partial charge is 0.355 e. The molecule has 1 aliphatic carbocycles. The van der Waals surface area contributed by atoms with Gasteiger partial charge in [0.05, 0.1) is 9.50 Å². The van der Waals surface area contributed by atoms with Gasteiger partial charge in [-0.3, -0.25) is 0 Å². The van der Waals surface area contributed by atoms with E-state index in [1.807, 2.05) is 6.07 Å². The van der Waals surface area contributed by atoms with Crippen molar-refractivity contribution in [1.29, 1.82) is 0 Å². The van der Waals surface area contributed by atoms with E-state index in [0.29, 0.717) is 11.1 Å². The highest BCUT2D eigenvalue weighted by atomic mass is 79.9. The molecule has 1 saturated heterocycles. The van der Waals surface area contributed by atoms with Crippen LogP contribution in [0.25, 0.3) is 0 Å². The van der Waals surface area contributed by atoms with Gasteiger partial charge >= 0.3 is 0 Å². The fraction of sp³-hybridized carbons (Fsp3) is 0.615. The second-order valence-electron chi connectivity index (χ2n) is 5.46. The minimum atomic E-state index is 0.396. The topological polar surface area (TPSA) is 42.1 Å². The minimum absolute atomic E-state index is 0.396. The van der Waals surface area contributed by atoms with Crippen LogP contribution in [0.2, 0.25) is 5.02 Å². The van der Waals surface area contributed by atoms with Gasteiger partial charge in [-0.1, -0.05) is 11.6 Å². The molecule has 5 heteroatoms. The Labute approximate surface area is 121 Å². The first kappa shape index (κ1) is 12.7. The van der Waals surface area contributed by atoms with Gasteiger partial charge in [-0.25, -0.2) is 4.98 Å². The van der Waals surface area contributed by atoms with E-state index in [0.717, 1.165) is 41.6 Å². The summed E-state index contributed by atoms with van der Waals surface area (Å²) in [7, 11) is 0. The molecule has 1 unspecified atom stereocenters. The highest BCUT2D eigenvalue weighted by Crippen LogP contribution is 2.39. The number of nitrogens with two attached hydrogens (primary N) is 1. The summed E-state index contributed by atoms with van der Waals surface area (Å²) in [6, 6.07) is 2.31. The Morgan fingerprint density at radius 2 is 2.11 bits per heavy atom. The van der Waals surface area contributed by atoms with Gasteiger partial charge in [-0.2, -0.15) is 0 Å². The van der Waals surface area contributed by atoms with Crippen molar-refractivity contribution in [1.82, 2.24) is 4.98 Å². The van der Waals surface area contributed by atoms with Crippen molar-refractivity contribution in [3.63, 3.8) is 0 Å². The number of nitrogens with zero attached hydrogens (tertiary/aromatic N) is 2. The van der Waals surface area contributed by atoms with Gasteiger partial charge in [0, 0.05) is 25.3 Å². The van der Waals surface area contributed by atoms with Crippen LogP contribution in [0.15, 0.2) is 16.7 Å². The molecule has 0 aromatic carbocycles. The predicted molar refractivity (Wildman–Crippen MR) is 78.0 cm³/mol. The molecule has 3 rings (SSSR count). The molecule has 1 saturated carbocycles.